The van der Waals surface area contributed by atoms with Crippen molar-refractivity contribution >= 4 is 11.6 Å². The van der Waals surface area contributed by atoms with Crippen molar-refractivity contribution in [3.8, 4) is 5.75 Å². The SMILES string of the molecule is COc1cccc2c1CCCCN2C(=O)CC(C)c1c(C)noc1C. The lowest BCUT2D eigenvalue weighted by Gasteiger charge is -2.25. The number of aromatic nitrogens is 1. The molecule has 1 aliphatic heterocycles. The van der Waals surface area contributed by atoms with E-state index in [1.54, 1.807) is 7.11 Å². The van der Waals surface area contributed by atoms with Crippen LogP contribution in [0.1, 0.15) is 54.7 Å². The lowest BCUT2D eigenvalue weighted by Crippen LogP contribution is -2.32. The highest BCUT2D eigenvalue weighted by Crippen LogP contribution is 2.35. The number of aryl methyl sites for hydroxylation is 2. The minimum absolute atomic E-state index is 0.0797. The van der Waals surface area contributed by atoms with E-state index in [0.29, 0.717) is 6.42 Å². The van der Waals surface area contributed by atoms with E-state index in [2.05, 4.69) is 12.1 Å². The van der Waals surface area contributed by atoms with Crippen LogP contribution in [0.5, 0.6) is 5.75 Å². The molecule has 1 aromatic heterocycles. The zero-order chi connectivity index (χ0) is 18.0. The summed E-state index contributed by atoms with van der Waals surface area (Å²) in [5.41, 5.74) is 4.05. The molecule has 0 fully saturated rings. The van der Waals surface area contributed by atoms with Crippen LogP contribution in [0.3, 0.4) is 0 Å². The molecule has 1 aromatic carbocycles. The van der Waals surface area contributed by atoms with E-state index in [9.17, 15) is 4.79 Å². The molecule has 2 aromatic rings. The third-order valence-electron chi connectivity index (χ3n) is 5.04. The maximum atomic E-state index is 13.1. The predicted octanol–water partition coefficient (Wildman–Crippen LogP) is 4.16. The number of anilines is 1. The van der Waals surface area contributed by atoms with Gasteiger partial charge in [-0.05, 0) is 51.2 Å². The smallest absolute Gasteiger partial charge is 0.227 e. The average Bonchev–Trinajstić information content (AvgIpc) is 2.81. The van der Waals surface area contributed by atoms with Gasteiger partial charge in [-0.25, -0.2) is 0 Å². The summed E-state index contributed by atoms with van der Waals surface area (Å²) in [6, 6.07) is 5.96. The highest BCUT2D eigenvalue weighted by Gasteiger charge is 2.26. The first-order valence-electron chi connectivity index (χ1n) is 8.92. The Kier molecular flexibility index (Phi) is 5.11. The van der Waals surface area contributed by atoms with Crippen LogP contribution in [-0.4, -0.2) is 24.7 Å². The van der Waals surface area contributed by atoms with E-state index >= 15 is 0 Å². The predicted molar refractivity (Wildman–Crippen MR) is 97.3 cm³/mol. The lowest BCUT2D eigenvalue weighted by molar-refractivity contribution is -0.118. The van der Waals surface area contributed by atoms with Gasteiger partial charge in [-0.2, -0.15) is 0 Å². The van der Waals surface area contributed by atoms with Crippen LogP contribution in [0.2, 0.25) is 0 Å². The zero-order valence-corrected chi connectivity index (χ0v) is 15.5. The van der Waals surface area contributed by atoms with E-state index in [-0.39, 0.29) is 11.8 Å². The van der Waals surface area contributed by atoms with Gasteiger partial charge in [-0.15, -0.1) is 0 Å². The van der Waals surface area contributed by atoms with Crippen molar-refractivity contribution in [2.75, 3.05) is 18.6 Å². The van der Waals surface area contributed by atoms with Gasteiger partial charge in [0.25, 0.3) is 0 Å². The molecule has 0 bridgehead atoms. The molecule has 134 valence electrons. The standard InChI is InChI=1S/C20H26N2O3/c1-13(20-14(2)21-25-15(20)3)12-19(23)22-11-6-5-8-16-17(22)9-7-10-18(16)24-4/h7,9-10,13H,5-6,8,11-12H2,1-4H3. The second kappa shape index (κ2) is 7.30. The number of fused-ring (bicyclic) bond motifs is 1. The molecule has 5 heteroatoms. The number of hydrogen-bond donors (Lipinski definition) is 0. The molecule has 0 saturated heterocycles. The van der Waals surface area contributed by atoms with Gasteiger partial charge in [0, 0.05) is 24.1 Å². The summed E-state index contributed by atoms with van der Waals surface area (Å²) in [4.78, 5) is 15.0. The van der Waals surface area contributed by atoms with Crippen LogP contribution in [0.4, 0.5) is 5.69 Å². The van der Waals surface area contributed by atoms with E-state index in [1.165, 1.54) is 0 Å². The van der Waals surface area contributed by atoms with E-state index in [0.717, 1.165) is 59.8 Å². The minimum atomic E-state index is 0.0797. The Labute approximate surface area is 148 Å². The first-order valence-corrected chi connectivity index (χ1v) is 8.92. The Morgan fingerprint density at radius 1 is 1.36 bits per heavy atom. The minimum Gasteiger partial charge on any atom is -0.496 e. The Bertz CT molecular complexity index is 747. The molecular weight excluding hydrogens is 316 g/mol. The topological polar surface area (TPSA) is 55.6 Å². The highest BCUT2D eigenvalue weighted by molar-refractivity contribution is 5.95. The van der Waals surface area contributed by atoms with Crippen LogP contribution in [0.15, 0.2) is 22.7 Å². The number of carbonyl (C=O) groups is 1. The fraction of sp³-hybridized carbons (Fsp3) is 0.500. The molecule has 1 aliphatic rings. The van der Waals surface area contributed by atoms with Crippen molar-refractivity contribution in [1.82, 2.24) is 5.16 Å². The third-order valence-corrected chi connectivity index (χ3v) is 5.04. The first kappa shape index (κ1) is 17.5. The molecule has 3 rings (SSSR count). The molecule has 0 N–H and O–H groups in total. The Morgan fingerprint density at radius 2 is 2.16 bits per heavy atom. The maximum Gasteiger partial charge on any atom is 0.227 e. The van der Waals surface area contributed by atoms with Crippen LogP contribution < -0.4 is 9.64 Å². The number of ether oxygens (including phenoxy) is 1. The van der Waals surface area contributed by atoms with Gasteiger partial charge < -0.3 is 14.2 Å². The number of rotatable bonds is 4. The molecular formula is C20H26N2O3. The monoisotopic (exact) mass is 342 g/mol. The molecule has 0 saturated carbocycles. The summed E-state index contributed by atoms with van der Waals surface area (Å²) in [7, 11) is 1.69. The number of methoxy groups -OCH3 is 1. The summed E-state index contributed by atoms with van der Waals surface area (Å²) < 4.78 is 10.8. The number of nitrogens with zero attached hydrogens (tertiary/aromatic N) is 2. The van der Waals surface area contributed by atoms with Crippen LogP contribution in [0.25, 0.3) is 0 Å². The van der Waals surface area contributed by atoms with Gasteiger partial charge >= 0.3 is 0 Å². The van der Waals surface area contributed by atoms with Gasteiger partial charge in [0.1, 0.15) is 11.5 Å². The summed E-state index contributed by atoms with van der Waals surface area (Å²) >= 11 is 0. The van der Waals surface area contributed by atoms with Crippen molar-refractivity contribution in [3.63, 3.8) is 0 Å². The van der Waals surface area contributed by atoms with Crippen molar-refractivity contribution in [2.24, 2.45) is 0 Å². The average molecular weight is 342 g/mol. The maximum absolute atomic E-state index is 13.1. The number of amides is 1. The molecule has 0 radical (unpaired) electrons. The van der Waals surface area contributed by atoms with Gasteiger partial charge in [0.2, 0.25) is 5.91 Å². The van der Waals surface area contributed by atoms with Gasteiger partial charge in [0.15, 0.2) is 0 Å². The molecule has 1 amide bonds. The van der Waals surface area contributed by atoms with Crippen LogP contribution in [-0.2, 0) is 11.2 Å². The van der Waals surface area contributed by atoms with Crippen molar-refractivity contribution < 1.29 is 14.1 Å². The van der Waals surface area contributed by atoms with E-state index < -0.39 is 0 Å². The normalized spacial score (nSPS) is 15.4. The van der Waals surface area contributed by atoms with Crippen LogP contribution >= 0.6 is 0 Å². The first-order chi connectivity index (χ1) is 12.0. The summed E-state index contributed by atoms with van der Waals surface area (Å²) in [5, 5.41) is 4.01. The van der Waals surface area contributed by atoms with Gasteiger partial charge in [-0.3, -0.25) is 4.79 Å². The molecule has 0 spiro atoms. The molecule has 5 nitrogen and oxygen atoms in total. The van der Waals surface area contributed by atoms with Gasteiger partial charge in [-0.1, -0.05) is 18.1 Å². The Hall–Kier alpha value is -2.30. The fourth-order valence-electron chi connectivity index (χ4n) is 3.87. The summed E-state index contributed by atoms with van der Waals surface area (Å²) in [6.07, 6.45) is 3.46. The van der Waals surface area contributed by atoms with Crippen molar-refractivity contribution in [2.45, 2.75) is 52.4 Å². The summed E-state index contributed by atoms with van der Waals surface area (Å²) in [6.45, 7) is 6.66. The highest BCUT2D eigenvalue weighted by atomic mass is 16.5. The summed E-state index contributed by atoms with van der Waals surface area (Å²) in [5.74, 6) is 1.90. The van der Waals surface area contributed by atoms with Crippen molar-refractivity contribution in [1.29, 1.82) is 0 Å². The second-order valence-electron chi connectivity index (χ2n) is 6.80. The Balaban J connectivity index is 1.85. The van der Waals surface area contributed by atoms with E-state index in [4.69, 9.17) is 9.26 Å². The molecule has 25 heavy (non-hydrogen) atoms. The number of benzene rings is 1. The quantitative estimate of drug-likeness (QED) is 0.837. The largest absolute Gasteiger partial charge is 0.496 e. The second-order valence-corrected chi connectivity index (χ2v) is 6.80. The molecule has 0 aliphatic carbocycles. The van der Waals surface area contributed by atoms with Crippen LogP contribution in [0, 0.1) is 13.8 Å². The lowest BCUT2D eigenvalue weighted by atomic mass is 9.95. The third kappa shape index (κ3) is 3.41. The molecule has 1 atom stereocenters. The fourth-order valence-corrected chi connectivity index (χ4v) is 3.87. The molecule has 1 unspecified atom stereocenters. The van der Waals surface area contributed by atoms with Gasteiger partial charge in [0.05, 0.1) is 18.5 Å². The van der Waals surface area contributed by atoms with E-state index in [1.807, 2.05) is 36.9 Å². The molecule has 2 heterocycles. The van der Waals surface area contributed by atoms with Crippen molar-refractivity contribution in [3.05, 3.63) is 40.8 Å². The zero-order valence-electron chi connectivity index (χ0n) is 15.5. The number of hydrogen-bond acceptors (Lipinski definition) is 4. The number of carbonyl (C=O) groups excluding carboxylic acids is 1. The Morgan fingerprint density at radius 3 is 2.84 bits per heavy atom.